The van der Waals surface area contributed by atoms with Crippen molar-refractivity contribution < 1.29 is 9.84 Å². The normalized spacial score (nSPS) is 13.6. The fraction of sp³-hybridized carbons (Fsp3) is 0.333. The van der Waals surface area contributed by atoms with E-state index in [4.69, 9.17) is 16.3 Å². The Morgan fingerprint density at radius 3 is 2.32 bits per heavy atom. The van der Waals surface area contributed by atoms with Crippen LogP contribution in [0.4, 0.5) is 0 Å². The maximum absolute atomic E-state index is 10.1. The molecule has 0 aliphatic carbocycles. The lowest BCUT2D eigenvalue weighted by molar-refractivity contribution is 0.108. The maximum atomic E-state index is 10.1. The molecule has 2 atom stereocenters. The summed E-state index contributed by atoms with van der Waals surface area (Å²) in [6.07, 6.45) is 2.52. The fourth-order valence-corrected chi connectivity index (χ4v) is 2.58. The van der Waals surface area contributed by atoms with Crippen LogP contribution in [0, 0.1) is 0 Å². The third-order valence-corrected chi connectivity index (χ3v) is 4.73. The second-order valence-electron chi connectivity index (χ2n) is 5.27. The quantitative estimate of drug-likeness (QED) is 0.791. The van der Waals surface area contributed by atoms with Gasteiger partial charge in [0.1, 0.15) is 18.5 Å². The first-order valence-corrected chi connectivity index (χ1v) is 8.93. The molecule has 2 aromatic carbocycles. The van der Waals surface area contributed by atoms with Crippen LogP contribution in [0.15, 0.2) is 48.5 Å². The lowest BCUT2D eigenvalue weighted by Crippen LogP contribution is -2.09. The number of hydrogen-bond donors (Lipinski definition) is 1. The van der Waals surface area contributed by atoms with Crippen molar-refractivity contribution in [3.8, 4) is 5.75 Å². The van der Waals surface area contributed by atoms with Gasteiger partial charge in [-0.15, -0.1) is 0 Å². The van der Waals surface area contributed by atoms with E-state index >= 15 is 0 Å². The molecule has 0 heterocycles. The summed E-state index contributed by atoms with van der Waals surface area (Å²) < 4.78 is 5.65. The number of hydrogen-bond acceptors (Lipinski definition) is 3. The van der Waals surface area contributed by atoms with E-state index in [9.17, 15) is 5.11 Å². The van der Waals surface area contributed by atoms with E-state index in [1.54, 1.807) is 12.1 Å². The average molecular weight is 337 g/mol. The van der Waals surface area contributed by atoms with Gasteiger partial charge in [0.05, 0.1) is 0 Å². The summed E-state index contributed by atoms with van der Waals surface area (Å²) in [6, 6.07) is 15.2. The van der Waals surface area contributed by atoms with Gasteiger partial charge in [0.2, 0.25) is 0 Å². The van der Waals surface area contributed by atoms with Crippen LogP contribution >= 0.6 is 23.4 Å². The average Bonchev–Trinajstić information content (AvgIpc) is 2.54. The van der Waals surface area contributed by atoms with Crippen molar-refractivity contribution in [1.29, 1.82) is 0 Å². The molecule has 0 spiro atoms. The first-order valence-electron chi connectivity index (χ1n) is 7.26. The van der Waals surface area contributed by atoms with E-state index in [0.717, 1.165) is 17.7 Å². The first kappa shape index (κ1) is 17.2. The summed E-state index contributed by atoms with van der Waals surface area (Å²) in [5.74, 6) is 0.772. The number of thioether (sulfide) groups is 1. The lowest BCUT2D eigenvalue weighted by Gasteiger charge is -2.13. The van der Waals surface area contributed by atoms with E-state index in [1.165, 1.54) is 5.56 Å². The summed E-state index contributed by atoms with van der Waals surface area (Å²) in [4.78, 5) is 0. The molecule has 0 aromatic heterocycles. The van der Waals surface area contributed by atoms with Crippen molar-refractivity contribution in [1.82, 2.24) is 0 Å². The molecule has 2 nitrogen and oxygen atoms in total. The molecule has 0 saturated carbocycles. The largest absolute Gasteiger partial charge is 0.491 e. The van der Waals surface area contributed by atoms with Crippen molar-refractivity contribution in [2.45, 2.75) is 24.7 Å². The highest BCUT2D eigenvalue weighted by Crippen LogP contribution is 2.20. The molecule has 0 fully saturated rings. The molecule has 2 rings (SSSR count). The van der Waals surface area contributed by atoms with Gasteiger partial charge in [-0.1, -0.05) is 42.8 Å². The van der Waals surface area contributed by atoms with E-state index in [0.29, 0.717) is 10.3 Å². The van der Waals surface area contributed by atoms with E-state index < -0.39 is 6.10 Å². The fourth-order valence-electron chi connectivity index (χ4n) is 2.09. The number of aliphatic hydroxyl groups excluding tert-OH is 1. The SMILES string of the molecule is CSC(C)Cc1ccc(OCC(O)c2ccc(Cl)cc2)cc1. The van der Waals surface area contributed by atoms with Crippen molar-refractivity contribution in [3.63, 3.8) is 0 Å². The molecular weight excluding hydrogens is 316 g/mol. The Bertz CT molecular complexity index is 569. The number of benzene rings is 2. The molecule has 0 amide bonds. The standard InChI is InChI=1S/C18H21ClO2S/c1-13(22-2)11-14-3-9-17(10-4-14)21-12-18(20)15-5-7-16(19)8-6-15/h3-10,13,18,20H,11-12H2,1-2H3. The Balaban J connectivity index is 1.87. The molecule has 0 aliphatic heterocycles. The molecular formula is C18H21ClO2S. The zero-order chi connectivity index (χ0) is 15.9. The van der Waals surface area contributed by atoms with Gasteiger partial charge in [-0.2, -0.15) is 11.8 Å². The van der Waals surface area contributed by atoms with E-state index in [-0.39, 0.29) is 6.61 Å². The Kier molecular flexibility index (Phi) is 6.62. The summed E-state index contributed by atoms with van der Waals surface area (Å²) in [5, 5.41) is 11.4. The Morgan fingerprint density at radius 2 is 1.73 bits per heavy atom. The molecule has 0 bridgehead atoms. The Morgan fingerprint density at radius 1 is 1.09 bits per heavy atom. The number of rotatable bonds is 7. The third-order valence-electron chi connectivity index (χ3n) is 3.51. The molecule has 1 N–H and O–H groups in total. The minimum Gasteiger partial charge on any atom is -0.491 e. The molecule has 0 aliphatic rings. The van der Waals surface area contributed by atoms with Gasteiger partial charge in [0.25, 0.3) is 0 Å². The van der Waals surface area contributed by atoms with Crippen LogP contribution < -0.4 is 4.74 Å². The van der Waals surface area contributed by atoms with Crippen molar-refractivity contribution in [3.05, 3.63) is 64.7 Å². The van der Waals surface area contributed by atoms with Crippen LogP contribution in [0.2, 0.25) is 5.02 Å². The zero-order valence-electron chi connectivity index (χ0n) is 12.8. The summed E-state index contributed by atoms with van der Waals surface area (Å²) in [7, 11) is 0. The third kappa shape index (κ3) is 5.24. The van der Waals surface area contributed by atoms with Crippen LogP contribution in [-0.4, -0.2) is 23.2 Å². The highest BCUT2D eigenvalue weighted by Gasteiger charge is 2.08. The van der Waals surface area contributed by atoms with Crippen LogP contribution in [0.5, 0.6) is 5.75 Å². The van der Waals surface area contributed by atoms with Crippen LogP contribution in [0.25, 0.3) is 0 Å². The molecule has 0 radical (unpaired) electrons. The second kappa shape index (κ2) is 8.47. The molecule has 4 heteroatoms. The first-order chi connectivity index (χ1) is 10.6. The maximum Gasteiger partial charge on any atom is 0.119 e. The van der Waals surface area contributed by atoms with Crippen molar-refractivity contribution >= 4 is 23.4 Å². The van der Waals surface area contributed by atoms with Crippen molar-refractivity contribution in [2.24, 2.45) is 0 Å². The molecule has 2 aromatic rings. The number of ether oxygens (including phenoxy) is 1. The molecule has 2 unspecified atom stereocenters. The highest BCUT2D eigenvalue weighted by atomic mass is 35.5. The van der Waals surface area contributed by atoms with Gasteiger partial charge >= 0.3 is 0 Å². The highest BCUT2D eigenvalue weighted by molar-refractivity contribution is 7.99. The summed E-state index contributed by atoms with van der Waals surface area (Å²) in [6.45, 7) is 2.44. The van der Waals surface area contributed by atoms with Gasteiger partial charge in [-0.25, -0.2) is 0 Å². The lowest BCUT2D eigenvalue weighted by atomic mass is 10.1. The van der Waals surface area contributed by atoms with E-state index in [1.807, 2.05) is 36.0 Å². The van der Waals surface area contributed by atoms with E-state index in [2.05, 4.69) is 25.3 Å². The van der Waals surface area contributed by atoms with Crippen molar-refractivity contribution in [2.75, 3.05) is 12.9 Å². The monoisotopic (exact) mass is 336 g/mol. The van der Waals surface area contributed by atoms with Crippen LogP contribution in [0.3, 0.4) is 0 Å². The van der Waals surface area contributed by atoms with Gasteiger partial charge in [-0.3, -0.25) is 0 Å². The van der Waals surface area contributed by atoms with Gasteiger partial charge in [0.15, 0.2) is 0 Å². The molecule has 0 saturated heterocycles. The summed E-state index contributed by atoms with van der Waals surface area (Å²) in [5.41, 5.74) is 2.10. The van der Waals surface area contributed by atoms with Crippen LogP contribution in [-0.2, 0) is 6.42 Å². The Labute approximate surface area is 141 Å². The minimum absolute atomic E-state index is 0.224. The molecule has 22 heavy (non-hydrogen) atoms. The topological polar surface area (TPSA) is 29.5 Å². The summed E-state index contributed by atoms with van der Waals surface area (Å²) >= 11 is 7.70. The Hall–Kier alpha value is -1.16. The zero-order valence-corrected chi connectivity index (χ0v) is 14.4. The van der Waals surface area contributed by atoms with Crippen LogP contribution in [0.1, 0.15) is 24.2 Å². The van der Waals surface area contributed by atoms with Gasteiger partial charge in [-0.05, 0) is 48.1 Å². The van der Waals surface area contributed by atoms with Gasteiger partial charge < -0.3 is 9.84 Å². The second-order valence-corrected chi connectivity index (χ2v) is 6.99. The van der Waals surface area contributed by atoms with Gasteiger partial charge in [0, 0.05) is 10.3 Å². The number of halogens is 1. The number of aliphatic hydroxyl groups is 1. The molecule has 118 valence electrons. The minimum atomic E-state index is -0.659. The smallest absolute Gasteiger partial charge is 0.119 e. The predicted molar refractivity (Wildman–Crippen MR) is 95.0 cm³/mol. The predicted octanol–water partition coefficient (Wildman–Crippen LogP) is 4.75.